The molecule has 206 valence electrons. The highest BCUT2D eigenvalue weighted by molar-refractivity contribution is 5.69. The van der Waals surface area contributed by atoms with E-state index in [-0.39, 0.29) is 5.97 Å². The van der Waals surface area contributed by atoms with E-state index in [9.17, 15) is 4.79 Å². The van der Waals surface area contributed by atoms with E-state index in [0.29, 0.717) is 92.3 Å². The summed E-state index contributed by atoms with van der Waals surface area (Å²) in [5.74, 6) is 2.26. The fourth-order valence-corrected chi connectivity index (χ4v) is 3.10. The van der Waals surface area contributed by atoms with Crippen LogP contribution in [0, 0.1) is 12.3 Å². The zero-order valence-electron chi connectivity index (χ0n) is 22.1. The Morgan fingerprint density at radius 2 is 0.914 bits per heavy atom. The molecule has 0 aliphatic carbocycles. The zero-order chi connectivity index (χ0) is 25.5. The van der Waals surface area contributed by atoms with Gasteiger partial charge in [-0.2, -0.15) is 0 Å². The molecule has 0 atom stereocenters. The Morgan fingerprint density at radius 1 is 0.543 bits per heavy atom. The molecule has 0 aliphatic rings. The van der Waals surface area contributed by atoms with Crippen molar-refractivity contribution in [3.8, 4) is 12.3 Å². The zero-order valence-corrected chi connectivity index (χ0v) is 22.1. The first-order chi connectivity index (χ1) is 17.3. The molecule has 0 spiro atoms. The number of unbranched alkanes of at least 4 members (excludes halogenated alkanes) is 8. The lowest BCUT2D eigenvalue weighted by Gasteiger charge is -2.08. The van der Waals surface area contributed by atoms with E-state index >= 15 is 0 Å². The third kappa shape index (κ3) is 30.8. The van der Waals surface area contributed by atoms with Crippen LogP contribution in [0.25, 0.3) is 0 Å². The van der Waals surface area contributed by atoms with Crippen molar-refractivity contribution in [2.24, 2.45) is 0 Å². The molecule has 0 aromatic heterocycles. The largest absolute Gasteiger partial charge is 0.463 e. The molecule has 0 bridgehead atoms. The highest BCUT2D eigenvalue weighted by Gasteiger charge is 2.02. The maximum absolute atomic E-state index is 11.7. The van der Waals surface area contributed by atoms with Gasteiger partial charge in [-0.05, 0) is 6.42 Å². The van der Waals surface area contributed by atoms with E-state index in [1.165, 1.54) is 44.9 Å². The summed E-state index contributed by atoms with van der Waals surface area (Å²) >= 11 is 0. The Labute approximate surface area is 213 Å². The Bertz CT molecular complexity index is 467. The highest BCUT2D eigenvalue weighted by Crippen LogP contribution is 2.10. The van der Waals surface area contributed by atoms with E-state index in [0.717, 1.165) is 12.8 Å². The van der Waals surface area contributed by atoms with Crippen LogP contribution in [0.1, 0.15) is 71.1 Å². The lowest BCUT2D eigenvalue weighted by Crippen LogP contribution is -2.15. The molecule has 0 fully saturated rings. The smallest absolute Gasteiger partial charge is 0.305 e. The average Bonchev–Trinajstić information content (AvgIpc) is 2.86. The first kappa shape index (κ1) is 33.8. The molecule has 35 heavy (non-hydrogen) atoms. The Morgan fingerprint density at radius 3 is 1.34 bits per heavy atom. The lowest BCUT2D eigenvalue weighted by atomic mass is 10.1. The molecule has 0 amide bonds. The van der Waals surface area contributed by atoms with Gasteiger partial charge in [0.1, 0.15) is 13.2 Å². The van der Waals surface area contributed by atoms with E-state index in [4.69, 9.17) is 39.6 Å². The van der Waals surface area contributed by atoms with Crippen LogP contribution in [0.2, 0.25) is 0 Å². The topological polar surface area (TPSA) is 81.7 Å². The minimum absolute atomic E-state index is 0.132. The molecule has 0 saturated heterocycles. The van der Waals surface area contributed by atoms with Crippen LogP contribution < -0.4 is 0 Å². The average molecular weight is 503 g/mol. The minimum Gasteiger partial charge on any atom is -0.463 e. The van der Waals surface area contributed by atoms with Gasteiger partial charge in [0, 0.05) is 6.42 Å². The number of hydrogen-bond acceptors (Lipinski definition) is 8. The van der Waals surface area contributed by atoms with Crippen LogP contribution in [-0.4, -0.2) is 91.9 Å². The van der Waals surface area contributed by atoms with Crippen LogP contribution in [0.3, 0.4) is 0 Å². The van der Waals surface area contributed by atoms with E-state index in [1.807, 2.05) is 0 Å². The van der Waals surface area contributed by atoms with Crippen molar-refractivity contribution in [3.05, 3.63) is 0 Å². The first-order valence-corrected chi connectivity index (χ1v) is 13.4. The second-order valence-corrected chi connectivity index (χ2v) is 8.12. The molecule has 8 nitrogen and oxygen atoms in total. The molecule has 0 radical (unpaired) electrons. The summed E-state index contributed by atoms with van der Waals surface area (Å²) in [6.07, 6.45) is 16.7. The molecule has 0 heterocycles. The van der Waals surface area contributed by atoms with Crippen molar-refractivity contribution in [2.45, 2.75) is 71.1 Å². The molecule has 0 saturated carbocycles. The molecule has 0 N–H and O–H groups in total. The molecule has 0 rings (SSSR count). The highest BCUT2D eigenvalue weighted by atomic mass is 16.6. The van der Waals surface area contributed by atoms with Gasteiger partial charge in [0.2, 0.25) is 0 Å². The molecular formula is C27H50O8. The van der Waals surface area contributed by atoms with Crippen LogP contribution in [0.4, 0.5) is 0 Å². The number of ether oxygens (including phenoxy) is 7. The standard InChI is InChI=1S/C27H50O8/c1-3-5-6-7-8-9-10-11-12-13-27(28)35-26-25-34-24-23-33-22-21-32-20-19-31-18-17-30-16-15-29-14-4-2/h2H,3,5-26H2,1H3. The van der Waals surface area contributed by atoms with Gasteiger partial charge < -0.3 is 33.2 Å². The normalized spacial score (nSPS) is 11.0. The monoisotopic (exact) mass is 502 g/mol. The number of esters is 1. The van der Waals surface area contributed by atoms with Gasteiger partial charge in [-0.25, -0.2) is 0 Å². The maximum Gasteiger partial charge on any atom is 0.305 e. The van der Waals surface area contributed by atoms with Crippen molar-refractivity contribution >= 4 is 5.97 Å². The van der Waals surface area contributed by atoms with E-state index < -0.39 is 0 Å². The van der Waals surface area contributed by atoms with Crippen LogP contribution in [0.15, 0.2) is 0 Å². The summed E-state index contributed by atoms with van der Waals surface area (Å²) in [4.78, 5) is 11.7. The third-order valence-electron chi connectivity index (χ3n) is 5.02. The van der Waals surface area contributed by atoms with Gasteiger partial charge >= 0.3 is 5.97 Å². The number of hydrogen-bond donors (Lipinski definition) is 0. The fraction of sp³-hybridized carbons (Fsp3) is 0.889. The fourth-order valence-electron chi connectivity index (χ4n) is 3.10. The van der Waals surface area contributed by atoms with Crippen LogP contribution in [0.5, 0.6) is 0 Å². The quantitative estimate of drug-likeness (QED) is 0.0856. The first-order valence-electron chi connectivity index (χ1n) is 13.4. The van der Waals surface area contributed by atoms with Gasteiger partial charge in [0.05, 0.1) is 72.7 Å². The number of carbonyl (C=O) groups is 1. The lowest BCUT2D eigenvalue weighted by molar-refractivity contribution is -0.145. The van der Waals surface area contributed by atoms with Crippen molar-refractivity contribution in [2.75, 3.05) is 85.9 Å². The molecule has 0 unspecified atom stereocenters. The van der Waals surface area contributed by atoms with Gasteiger partial charge in [-0.3, -0.25) is 4.79 Å². The van der Waals surface area contributed by atoms with Gasteiger partial charge in [-0.15, -0.1) is 6.42 Å². The van der Waals surface area contributed by atoms with E-state index in [2.05, 4.69) is 12.8 Å². The maximum atomic E-state index is 11.7. The molecule has 0 aliphatic heterocycles. The van der Waals surface area contributed by atoms with E-state index in [1.54, 1.807) is 0 Å². The Hall–Kier alpha value is -1.21. The van der Waals surface area contributed by atoms with Crippen molar-refractivity contribution in [1.82, 2.24) is 0 Å². The molecular weight excluding hydrogens is 452 g/mol. The van der Waals surface area contributed by atoms with Gasteiger partial charge in [0.25, 0.3) is 0 Å². The van der Waals surface area contributed by atoms with Crippen LogP contribution >= 0.6 is 0 Å². The number of terminal acetylenes is 1. The predicted octanol–water partition coefficient (Wildman–Crippen LogP) is 4.18. The van der Waals surface area contributed by atoms with Crippen molar-refractivity contribution in [1.29, 1.82) is 0 Å². The summed E-state index contributed by atoms with van der Waals surface area (Å²) in [5.41, 5.74) is 0. The molecule has 8 heteroatoms. The summed E-state index contributed by atoms with van der Waals surface area (Å²) in [6, 6.07) is 0. The van der Waals surface area contributed by atoms with Gasteiger partial charge in [-0.1, -0.05) is 64.2 Å². The number of carbonyl (C=O) groups excluding carboxylic acids is 1. The van der Waals surface area contributed by atoms with Crippen molar-refractivity contribution < 1.29 is 38.0 Å². The van der Waals surface area contributed by atoms with Gasteiger partial charge in [0.15, 0.2) is 0 Å². The summed E-state index contributed by atoms with van der Waals surface area (Å²) in [6.45, 7) is 8.23. The Balaban J connectivity index is 3.12. The second kappa shape index (κ2) is 30.8. The SMILES string of the molecule is C#CCOCCOCCOCCOCCOCCOCCOC(=O)CCCCCCCCCCC. The molecule has 0 aromatic carbocycles. The third-order valence-corrected chi connectivity index (χ3v) is 5.02. The minimum atomic E-state index is -0.132. The predicted molar refractivity (Wildman–Crippen MR) is 137 cm³/mol. The summed E-state index contributed by atoms with van der Waals surface area (Å²) in [7, 11) is 0. The second-order valence-electron chi connectivity index (χ2n) is 8.12. The van der Waals surface area contributed by atoms with Crippen LogP contribution in [-0.2, 0) is 38.0 Å². The summed E-state index contributed by atoms with van der Waals surface area (Å²) in [5, 5.41) is 0. The number of rotatable bonds is 29. The van der Waals surface area contributed by atoms with Crippen molar-refractivity contribution in [3.63, 3.8) is 0 Å². The Kier molecular flexibility index (Phi) is 29.8. The summed E-state index contributed by atoms with van der Waals surface area (Å²) < 4.78 is 37.3. The molecule has 0 aromatic rings.